The molecule has 1 saturated heterocycles. The van der Waals surface area contributed by atoms with Gasteiger partial charge < -0.3 is 20.4 Å². The Morgan fingerprint density at radius 1 is 1.12 bits per heavy atom. The van der Waals surface area contributed by atoms with Gasteiger partial charge in [0.2, 0.25) is 5.91 Å². The van der Waals surface area contributed by atoms with Crippen molar-refractivity contribution in [1.82, 2.24) is 14.8 Å². The van der Waals surface area contributed by atoms with Crippen LogP contribution in [0.15, 0.2) is 60.1 Å². The number of fused-ring (bicyclic) bond motifs is 1. The van der Waals surface area contributed by atoms with E-state index in [1.165, 1.54) is 30.3 Å². The first kappa shape index (κ1) is 27.3. The summed E-state index contributed by atoms with van der Waals surface area (Å²) in [4.78, 5) is 27.8. The van der Waals surface area contributed by atoms with Crippen LogP contribution in [0, 0.1) is 18.6 Å². The molecule has 1 amide bonds. The highest BCUT2D eigenvalue weighted by Gasteiger charge is 2.35. The van der Waals surface area contributed by atoms with Crippen LogP contribution in [0.3, 0.4) is 0 Å². The first-order valence-corrected chi connectivity index (χ1v) is 13.5. The molecule has 2 aliphatic heterocycles. The highest BCUT2D eigenvalue weighted by molar-refractivity contribution is 6.06. The van der Waals surface area contributed by atoms with Crippen molar-refractivity contribution < 1.29 is 13.6 Å². The van der Waals surface area contributed by atoms with Gasteiger partial charge in [0, 0.05) is 36.9 Å². The number of halogens is 2. The molecule has 1 fully saturated rings. The zero-order chi connectivity index (χ0) is 28.7. The molecule has 2 aromatic carbocycles. The maximum Gasteiger partial charge on any atom is 0.246 e. The molecular formula is C31H34F2N6O. The number of nitrogens with two attached hydrogens (primary N) is 1. The van der Waals surface area contributed by atoms with Crippen molar-refractivity contribution in [3.63, 3.8) is 0 Å². The lowest BCUT2D eigenvalue weighted by Gasteiger charge is -2.43. The van der Waals surface area contributed by atoms with E-state index in [9.17, 15) is 9.18 Å². The van der Waals surface area contributed by atoms with E-state index < -0.39 is 11.6 Å². The van der Waals surface area contributed by atoms with Gasteiger partial charge in [-0.15, -0.1) is 0 Å². The SMILES string of the molecule is C=CC(=O)N1CCN(C2=NCN(c3c(C)cccc3C(C)C)c3nc(-c4ccc(N)cc4F)c(F)cc32)[C@@H](C)C1. The number of nitrogens with zero attached hydrogens (tertiary/aromatic N) is 5. The summed E-state index contributed by atoms with van der Waals surface area (Å²) in [5, 5.41) is 0. The molecule has 7 nitrogen and oxygen atoms in total. The highest BCUT2D eigenvalue weighted by atomic mass is 19.1. The Labute approximate surface area is 233 Å². The summed E-state index contributed by atoms with van der Waals surface area (Å²) in [6.07, 6.45) is 1.32. The van der Waals surface area contributed by atoms with Crippen LogP contribution in [0.5, 0.6) is 0 Å². The van der Waals surface area contributed by atoms with Crippen LogP contribution in [0.2, 0.25) is 0 Å². The van der Waals surface area contributed by atoms with Crippen molar-refractivity contribution in [3.8, 4) is 11.3 Å². The summed E-state index contributed by atoms with van der Waals surface area (Å²) in [5.41, 5.74) is 9.58. The number of aliphatic imine (C=N–C) groups is 1. The minimum atomic E-state index is -0.654. The van der Waals surface area contributed by atoms with Gasteiger partial charge in [0.15, 0.2) is 0 Å². The lowest BCUT2D eigenvalue weighted by Crippen LogP contribution is -2.56. The molecule has 2 N–H and O–H groups in total. The number of pyridine rings is 1. The number of aromatic nitrogens is 1. The molecule has 2 aliphatic rings. The topological polar surface area (TPSA) is 78.1 Å². The number of hydrogen-bond acceptors (Lipinski definition) is 6. The van der Waals surface area contributed by atoms with E-state index >= 15 is 4.39 Å². The van der Waals surface area contributed by atoms with Crippen molar-refractivity contribution in [2.45, 2.75) is 39.7 Å². The van der Waals surface area contributed by atoms with E-state index in [1.807, 2.05) is 30.9 Å². The van der Waals surface area contributed by atoms with Gasteiger partial charge in [-0.05, 0) is 61.2 Å². The monoisotopic (exact) mass is 544 g/mol. The number of carbonyl (C=O) groups excluding carboxylic acids is 1. The van der Waals surface area contributed by atoms with Crippen LogP contribution in [0.1, 0.15) is 43.4 Å². The number of hydrogen-bond donors (Lipinski definition) is 1. The van der Waals surface area contributed by atoms with Gasteiger partial charge in [0.25, 0.3) is 0 Å². The highest BCUT2D eigenvalue weighted by Crippen LogP contribution is 2.40. The normalized spacial score (nSPS) is 17.1. The van der Waals surface area contributed by atoms with Crippen LogP contribution in [0.4, 0.5) is 26.0 Å². The number of piperazine rings is 1. The fourth-order valence-corrected chi connectivity index (χ4v) is 5.59. The molecule has 1 aromatic heterocycles. The first-order valence-electron chi connectivity index (χ1n) is 13.5. The van der Waals surface area contributed by atoms with Gasteiger partial charge in [-0.2, -0.15) is 0 Å². The van der Waals surface area contributed by atoms with E-state index in [-0.39, 0.29) is 41.5 Å². The number of nitrogen functional groups attached to an aromatic ring is 1. The summed E-state index contributed by atoms with van der Waals surface area (Å²) < 4.78 is 30.8. The number of aryl methyl sites for hydroxylation is 1. The Bertz CT molecular complexity index is 1520. The first-order chi connectivity index (χ1) is 19.1. The third-order valence-electron chi connectivity index (χ3n) is 7.61. The average Bonchev–Trinajstić information content (AvgIpc) is 2.92. The number of amidine groups is 1. The third kappa shape index (κ3) is 4.80. The van der Waals surface area contributed by atoms with Crippen LogP contribution in [0.25, 0.3) is 11.3 Å². The van der Waals surface area contributed by atoms with Gasteiger partial charge in [0.1, 0.15) is 35.7 Å². The van der Waals surface area contributed by atoms with Crippen molar-refractivity contribution in [3.05, 3.63) is 83.4 Å². The van der Waals surface area contributed by atoms with E-state index in [1.54, 1.807) is 4.90 Å². The maximum atomic E-state index is 15.8. The molecule has 40 heavy (non-hydrogen) atoms. The molecular weight excluding hydrogens is 510 g/mol. The largest absolute Gasteiger partial charge is 0.399 e. The van der Waals surface area contributed by atoms with Gasteiger partial charge >= 0.3 is 0 Å². The molecule has 0 bridgehead atoms. The number of carbonyl (C=O) groups is 1. The van der Waals surface area contributed by atoms with Gasteiger partial charge in [-0.1, -0.05) is 38.6 Å². The van der Waals surface area contributed by atoms with Crippen LogP contribution < -0.4 is 10.6 Å². The lowest BCUT2D eigenvalue weighted by atomic mass is 9.96. The molecule has 0 aliphatic carbocycles. The molecule has 9 heteroatoms. The molecule has 0 unspecified atom stereocenters. The fraction of sp³-hybridized carbons (Fsp3) is 0.323. The Morgan fingerprint density at radius 2 is 1.90 bits per heavy atom. The molecule has 208 valence electrons. The van der Waals surface area contributed by atoms with Crippen LogP contribution in [-0.2, 0) is 4.79 Å². The van der Waals surface area contributed by atoms with E-state index in [0.717, 1.165) is 16.8 Å². The zero-order valence-corrected chi connectivity index (χ0v) is 23.3. The van der Waals surface area contributed by atoms with Crippen LogP contribution >= 0.6 is 0 Å². The van der Waals surface area contributed by atoms with Crippen molar-refractivity contribution >= 4 is 28.9 Å². The number of rotatable bonds is 4. The molecule has 0 saturated carbocycles. The summed E-state index contributed by atoms with van der Waals surface area (Å²) in [7, 11) is 0. The number of anilines is 3. The minimum Gasteiger partial charge on any atom is -0.399 e. The molecule has 0 radical (unpaired) electrons. The van der Waals surface area contributed by atoms with Crippen molar-refractivity contribution in [1.29, 1.82) is 0 Å². The average molecular weight is 545 g/mol. The standard InChI is InChI=1S/C31H34F2N6O/c1-6-27(40)37-12-13-38(20(5)16-37)30-24-15-26(33)28(23-11-10-21(34)14-25(23)32)36-31(24)39(17-35-30)29-19(4)8-7-9-22(29)18(2)3/h6-11,14-15,18,20H,1,12-13,16-17,34H2,2-5H3/t20-/m0/s1. The summed E-state index contributed by atoms with van der Waals surface area (Å²) in [6.45, 7) is 13.6. The summed E-state index contributed by atoms with van der Waals surface area (Å²) in [6, 6.07) is 11.6. The quantitative estimate of drug-likeness (QED) is 0.341. The minimum absolute atomic E-state index is 0.0392. The Morgan fingerprint density at radius 3 is 2.58 bits per heavy atom. The number of amides is 1. The van der Waals surface area contributed by atoms with Gasteiger partial charge in [0.05, 0.1) is 11.3 Å². The molecule has 3 heterocycles. The third-order valence-corrected chi connectivity index (χ3v) is 7.61. The second kappa shape index (κ2) is 10.7. The van der Waals surface area contributed by atoms with Crippen molar-refractivity contribution in [2.24, 2.45) is 4.99 Å². The van der Waals surface area contributed by atoms with Gasteiger partial charge in [-0.25, -0.2) is 18.8 Å². The van der Waals surface area contributed by atoms with Crippen molar-refractivity contribution in [2.75, 3.05) is 36.9 Å². The summed E-state index contributed by atoms with van der Waals surface area (Å²) >= 11 is 0. The second-order valence-corrected chi connectivity index (χ2v) is 10.7. The second-order valence-electron chi connectivity index (χ2n) is 10.7. The Balaban J connectivity index is 1.67. The van der Waals surface area contributed by atoms with E-state index in [0.29, 0.717) is 36.9 Å². The fourth-order valence-electron chi connectivity index (χ4n) is 5.59. The maximum absolute atomic E-state index is 15.8. The molecule has 3 aromatic rings. The predicted molar refractivity (Wildman–Crippen MR) is 156 cm³/mol. The number of para-hydroxylation sites is 1. The van der Waals surface area contributed by atoms with Gasteiger partial charge in [-0.3, -0.25) is 4.79 Å². The molecule has 0 spiro atoms. The van der Waals surface area contributed by atoms with Crippen LogP contribution in [-0.4, -0.2) is 58.9 Å². The molecule has 1 atom stereocenters. The smallest absolute Gasteiger partial charge is 0.246 e. The van der Waals surface area contributed by atoms with E-state index in [2.05, 4.69) is 31.4 Å². The summed E-state index contributed by atoms with van der Waals surface area (Å²) in [5.74, 6) is -0.0802. The zero-order valence-electron chi connectivity index (χ0n) is 23.3. The predicted octanol–water partition coefficient (Wildman–Crippen LogP) is 5.62. The number of benzene rings is 2. The Hall–Kier alpha value is -4.27. The Kier molecular flexibility index (Phi) is 7.31. The molecule has 5 rings (SSSR count). The lowest BCUT2D eigenvalue weighted by molar-refractivity contribution is -0.128. The van der Waals surface area contributed by atoms with E-state index in [4.69, 9.17) is 15.7 Å².